The van der Waals surface area contributed by atoms with Gasteiger partial charge in [0, 0.05) is 43.0 Å². The van der Waals surface area contributed by atoms with Gasteiger partial charge in [-0.25, -0.2) is 0 Å². The minimum Gasteiger partial charge on any atom is -0.507 e. The number of nitrogens with zero attached hydrogens (tertiary/aromatic N) is 2. The Morgan fingerprint density at radius 1 is 0.514 bits per heavy atom. The summed E-state index contributed by atoms with van der Waals surface area (Å²) in [6.45, 7) is 8.28. The fraction of sp³-hybridized carbons (Fsp3) is 0.125. The summed E-state index contributed by atoms with van der Waals surface area (Å²) in [6, 6.07) is 23.1. The molecule has 5 heteroatoms. The molecule has 0 unspecified atom stereocenters. The van der Waals surface area contributed by atoms with Crippen LogP contribution in [0.4, 0.5) is 11.4 Å². The van der Waals surface area contributed by atoms with E-state index in [-0.39, 0.29) is 31.0 Å². The molecular weight excluding hydrogens is 510 g/mol. The average molecular weight is 538 g/mol. The van der Waals surface area contributed by atoms with Gasteiger partial charge < -0.3 is 10.2 Å². The summed E-state index contributed by atoms with van der Waals surface area (Å²) in [7, 11) is 0. The van der Waals surface area contributed by atoms with Crippen LogP contribution in [0.25, 0.3) is 21.5 Å². The molecule has 2 N–H and O–H groups in total. The first-order valence-corrected chi connectivity index (χ1v) is 12.0. The number of hydrogen-bond acceptors (Lipinski definition) is 4. The van der Waals surface area contributed by atoms with Gasteiger partial charge in [-0.1, -0.05) is 60.7 Å². The molecule has 5 aromatic rings. The summed E-state index contributed by atoms with van der Waals surface area (Å²) < 4.78 is 0. The molecule has 5 rings (SSSR count). The van der Waals surface area contributed by atoms with Crippen molar-refractivity contribution in [1.29, 1.82) is 0 Å². The first-order valence-electron chi connectivity index (χ1n) is 12.0. The Hall–Kier alpha value is -3.82. The predicted octanol–water partition coefficient (Wildman–Crippen LogP) is 8.14. The third-order valence-corrected chi connectivity index (χ3v) is 7.16. The second-order valence-electron chi connectivity index (χ2n) is 9.15. The molecule has 5 aromatic carbocycles. The number of benzene rings is 5. The van der Waals surface area contributed by atoms with E-state index in [0.29, 0.717) is 11.1 Å². The van der Waals surface area contributed by atoms with Gasteiger partial charge in [0.2, 0.25) is 0 Å². The molecule has 4 nitrogen and oxygen atoms in total. The summed E-state index contributed by atoms with van der Waals surface area (Å²) in [5.41, 5.74) is 7.22. The van der Waals surface area contributed by atoms with Crippen molar-refractivity contribution < 1.29 is 29.7 Å². The molecule has 0 aliphatic heterocycles. The van der Waals surface area contributed by atoms with Crippen molar-refractivity contribution in [2.45, 2.75) is 27.7 Å². The third-order valence-electron chi connectivity index (χ3n) is 7.16. The minimum atomic E-state index is 0. The van der Waals surface area contributed by atoms with Crippen molar-refractivity contribution in [3.63, 3.8) is 0 Å². The maximum atomic E-state index is 10.6. The topological polar surface area (TPSA) is 65.2 Å². The van der Waals surface area contributed by atoms with E-state index in [1.807, 2.05) is 74.5 Å². The fourth-order valence-corrected chi connectivity index (χ4v) is 4.69. The summed E-state index contributed by atoms with van der Waals surface area (Å²) in [5.74, 6) is 0.364. The molecule has 0 spiro atoms. The van der Waals surface area contributed by atoms with Crippen LogP contribution in [0, 0.1) is 27.7 Å². The maximum absolute atomic E-state index is 10.6. The van der Waals surface area contributed by atoms with Crippen LogP contribution in [-0.2, 0) is 19.5 Å². The van der Waals surface area contributed by atoms with Gasteiger partial charge in [-0.05, 0) is 83.6 Å². The Labute approximate surface area is 229 Å². The van der Waals surface area contributed by atoms with Gasteiger partial charge in [0.1, 0.15) is 11.5 Å². The molecule has 0 saturated carbocycles. The van der Waals surface area contributed by atoms with E-state index < -0.39 is 0 Å². The Kier molecular flexibility index (Phi) is 7.56. The van der Waals surface area contributed by atoms with Gasteiger partial charge >= 0.3 is 0 Å². The number of fused-ring (bicyclic) bond motifs is 2. The Bertz CT molecular complexity index is 1580. The summed E-state index contributed by atoms with van der Waals surface area (Å²) in [4.78, 5) is 9.77. The first-order chi connectivity index (χ1) is 17.4. The van der Waals surface area contributed by atoms with Crippen molar-refractivity contribution in [3.05, 3.63) is 106 Å². The van der Waals surface area contributed by atoms with Crippen molar-refractivity contribution in [2.24, 2.45) is 9.98 Å². The van der Waals surface area contributed by atoms with Crippen molar-refractivity contribution in [2.75, 3.05) is 0 Å². The van der Waals surface area contributed by atoms with E-state index >= 15 is 0 Å². The van der Waals surface area contributed by atoms with Crippen molar-refractivity contribution in [1.82, 2.24) is 0 Å². The van der Waals surface area contributed by atoms with E-state index in [0.717, 1.165) is 55.2 Å². The van der Waals surface area contributed by atoms with Crippen LogP contribution in [0.15, 0.2) is 82.8 Å². The molecule has 0 amide bonds. The molecule has 0 aliphatic carbocycles. The molecule has 0 fully saturated rings. The number of phenolic OH excluding ortho intramolecular Hbond substituents is 2. The molecule has 0 heterocycles. The zero-order chi connectivity index (χ0) is 25.4. The van der Waals surface area contributed by atoms with Crippen molar-refractivity contribution >= 4 is 45.3 Å². The Balaban J connectivity index is 0.00000320. The maximum Gasteiger partial charge on any atom is 0.124 e. The number of phenols is 2. The first kappa shape index (κ1) is 26.3. The molecular formula is C32H28N2O2Zn. The molecule has 0 atom stereocenters. The van der Waals surface area contributed by atoms with Gasteiger partial charge in [0.25, 0.3) is 0 Å². The Morgan fingerprint density at radius 2 is 0.892 bits per heavy atom. The van der Waals surface area contributed by atoms with Crippen LogP contribution in [0.2, 0.25) is 0 Å². The predicted molar refractivity (Wildman–Crippen MR) is 151 cm³/mol. The second-order valence-corrected chi connectivity index (χ2v) is 9.15. The molecule has 0 saturated heterocycles. The largest absolute Gasteiger partial charge is 0.507 e. The van der Waals surface area contributed by atoms with Crippen LogP contribution < -0.4 is 0 Å². The minimum absolute atomic E-state index is 0. The van der Waals surface area contributed by atoms with E-state index in [1.54, 1.807) is 24.6 Å². The molecule has 0 aliphatic rings. The van der Waals surface area contributed by atoms with Crippen molar-refractivity contribution in [3.8, 4) is 11.5 Å². The molecule has 0 bridgehead atoms. The number of rotatable bonds is 4. The van der Waals surface area contributed by atoms with E-state index in [1.165, 1.54) is 0 Å². The second kappa shape index (κ2) is 10.7. The SMILES string of the molecule is Cc1c(C)c(C)c(N=Cc2c(O)ccc3ccccc23)c(N=Cc2c(O)ccc3ccccc23)c1C.[Zn]. The number of hydrogen-bond donors (Lipinski definition) is 2. The molecule has 0 aromatic heterocycles. The van der Waals surface area contributed by atoms with Gasteiger partial charge in [0.05, 0.1) is 11.4 Å². The zero-order valence-electron chi connectivity index (χ0n) is 21.6. The van der Waals surface area contributed by atoms with Gasteiger partial charge in [-0.15, -0.1) is 0 Å². The van der Waals surface area contributed by atoms with Crippen LogP contribution in [0.1, 0.15) is 33.4 Å². The summed E-state index contributed by atoms with van der Waals surface area (Å²) in [5, 5.41) is 25.2. The van der Waals surface area contributed by atoms with Gasteiger partial charge in [-0.3, -0.25) is 9.98 Å². The molecule has 0 radical (unpaired) electrons. The summed E-state index contributed by atoms with van der Waals surface area (Å²) >= 11 is 0. The van der Waals surface area contributed by atoms with E-state index in [2.05, 4.69) is 13.8 Å². The quantitative estimate of drug-likeness (QED) is 0.179. The number of aromatic hydroxyl groups is 2. The van der Waals surface area contributed by atoms with Crippen LogP contribution in [-0.4, -0.2) is 22.6 Å². The monoisotopic (exact) mass is 536 g/mol. The smallest absolute Gasteiger partial charge is 0.124 e. The fourth-order valence-electron chi connectivity index (χ4n) is 4.69. The molecule has 37 heavy (non-hydrogen) atoms. The molecule has 180 valence electrons. The summed E-state index contributed by atoms with van der Waals surface area (Å²) in [6.07, 6.45) is 3.45. The Morgan fingerprint density at radius 3 is 1.30 bits per heavy atom. The van der Waals surface area contributed by atoms with Crippen LogP contribution in [0.3, 0.4) is 0 Å². The van der Waals surface area contributed by atoms with Gasteiger partial charge in [0.15, 0.2) is 0 Å². The van der Waals surface area contributed by atoms with E-state index in [4.69, 9.17) is 9.98 Å². The standard InChI is InChI=1S/C32H28N2O2.Zn/c1-19-20(2)22(4)32(34-18-28-26-12-8-6-10-24(26)14-16-30(28)36)31(21(19)3)33-17-27-25-11-7-5-9-23(25)13-15-29(27)35;/h5-18,35-36H,1-4H3;. The van der Waals surface area contributed by atoms with Crippen LogP contribution in [0.5, 0.6) is 11.5 Å². The van der Waals surface area contributed by atoms with E-state index in [9.17, 15) is 10.2 Å². The normalized spacial score (nSPS) is 11.6. The average Bonchev–Trinajstić information content (AvgIpc) is 2.90. The van der Waals surface area contributed by atoms with Crippen LogP contribution >= 0.6 is 0 Å². The zero-order valence-corrected chi connectivity index (χ0v) is 24.5. The third kappa shape index (κ3) is 4.80. The number of aliphatic imine (C=N–C) groups is 2. The van der Waals surface area contributed by atoms with Gasteiger partial charge in [-0.2, -0.15) is 0 Å².